The van der Waals surface area contributed by atoms with Gasteiger partial charge < -0.3 is 14.8 Å². The van der Waals surface area contributed by atoms with Gasteiger partial charge in [-0.05, 0) is 67.8 Å². The maximum absolute atomic E-state index is 11.9. The maximum Gasteiger partial charge on any atom is 0.306 e. The molecule has 0 aliphatic heterocycles. The highest BCUT2D eigenvalue weighted by Crippen LogP contribution is 2.21. The summed E-state index contributed by atoms with van der Waals surface area (Å²) in [6, 6.07) is 10.5. The molecule has 0 radical (unpaired) electrons. The Morgan fingerprint density at radius 3 is 2.52 bits per heavy atom. The van der Waals surface area contributed by atoms with Gasteiger partial charge in [-0.3, -0.25) is 9.59 Å². The Kier molecular flexibility index (Phi) is 7.95. The van der Waals surface area contributed by atoms with Gasteiger partial charge in [-0.1, -0.05) is 23.2 Å². The van der Waals surface area contributed by atoms with E-state index in [9.17, 15) is 9.59 Å². The van der Waals surface area contributed by atoms with Crippen molar-refractivity contribution in [3.05, 3.63) is 57.6 Å². The summed E-state index contributed by atoms with van der Waals surface area (Å²) in [4.78, 5) is 23.6. The van der Waals surface area contributed by atoms with Crippen LogP contribution >= 0.6 is 23.2 Å². The molecule has 2 rings (SSSR count). The molecule has 5 nitrogen and oxygen atoms in total. The zero-order valence-electron chi connectivity index (χ0n) is 15.2. The lowest BCUT2D eigenvalue weighted by Gasteiger charge is -2.10. The van der Waals surface area contributed by atoms with Crippen LogP contribution in [0.5, 0.6) is 5.75 Å². The number of halogens is 2. The van der Waals surface area contributed by atoms with Crippen LogP contribution in [0.2, 0.25) is 10.0 Å². The lowest BCUT2D eigenvalue weighted by Crippen LogP contribution is -2.21. The lowest BCUT2D eigenvalue weighted by atomic mass is 10.2. The summed E-state index contributed by atoms with van der Waals surface area (Å²) in [5.41, 5.74) is 2.39. The van der Waals surface area contributed by atoms with Gasteiger partial charge in [-0.15, -0.1) is 0 Å². The first-order valence-corrected chi connectivity index (χ1v) is 9.21. The third-order valence-electron chi connectivity index (χ3n) is 3.75. The van der Waals surface area contributed by atoms with Crippen molar-refractivity contribution in [2.24, 2.45) is 0 Å². The highest BCUT2D eigenvalue weighted by Gasteiger charge is 2.09. The van der Waals surface area contributed by atoms with Gasteiger partial charge in [0.25, 0.3) is 5.91 Å². The molecule has 0 aromatic heterocycles. The van der Waals surface area contributed by atoms with Crippen LogP contribution in [0, 0.1) is 13.8 Å². The van der Waals surface area contributed by atoms with Gasteiger partial charge in [0, 0.05) is 22.2 Å². The van der Waals surface area contributed by atoms with Crippen LogP contribution in [-0.4, -0.2) is 25.1 Å². The number of aryl methyl sites for hydroxylation is 2. The number of ether oxygens (including phenoxy) is 2. The summed E-state index contributed by atoms with van der Waals surface area (Å²) >= 11 is 11.8. The Hall–Kier alpha value is -2.24. The van der Waals surface area contributed by atoms with Crippen molar-refractivity contribution in [2.75, 3.05) is 18.5 Å². The number of nitrogens with one attached hydrogen (secondary N) is 1. The Morgan fingerprint density at radius 1 is 1.04 bits per heavy atom. The van der Waals surface area contributed by atoms with Crippen molar-refractivity contribution in [2.45, 2.75) is 26.7 Å². The van der Waals surface area contributed by atoms with Crippen LogP contribution < -0.4 is 10.1 Å². The molecule has 7 heteroatoms. The van der Waals surface area contributed by atoms with E-state index in [2.05, 4.69) is 5.32 Å². The normalized spacial score (nSPS) is 10.4. The number of carbonyl (C=O) groups is 2. The third-order valence-corrected chi connectivity index (χ3v) is 4.41. The van der Waals surface area contributed by atoms with Crippen molar-refractivity contribution in [1.29, 1.82) is 0 Å². The van der Waals surface area contributed by atoms with E-state index in [1.165, 1.54) is 0 Å². The topological polar surface area (TPSA) is 64.6 Å². The van der Waals surface area contributed by atoms with Crippen molar-refractivity contribution in [3.63, 3.8) is 0 Å². The van der Waals surface area contributed by atoms with Gasteiger partial charge in [0.1, 0.15) is 5.75 Å². The average Bonchev–Trinajstić information content (AvgIpc) is 2.62. The van der Waals surface area contributed by atoms with E-state index < -0.39 is 11.9 Å². The summed E-state index contributed by atoms with van der Waals surface area (Å²) in [5.74, 6) is -0.154. The molecule has 2 aromatic rings. The molecule has 0 saturated carbocycles. The first-order valence-electron chi connectivity index (χ1n) is 8.45. The molecule has 0 spiro atoms. The second-order valence-corrected chi connectivity index (χ2v) is 6.87. The zero-order valence-corrected chi connectivity index (χ0v) is 16.7. The molecule has 144 valence electrons. The van der Waals surface area contributed by atoms with Gasteiger partial charge in [-0.25, -0.2) is 0 Å². The van der Waals surface area contributed by atoms with Crippen molar-refractivity contribution in [1.82, 2.24) is 0 Å². The smallest absolute Gasteiger partial charge is 0.306 e. The predicted octanol–water partition coefficient (Wildman–Crippen LogP) is 4.95. The van der Waals surface area contributed by atoms with Crippen LogP contribution in [0.3, 0.4) is 0 Å². The highest BCUT2D eigenvalue weighted by atomic mass is 35.5. The first-order chi connectivity index (χ1) is 12.8. The average molecular weight is 410 g/mol. The van der Waals surface area contributed by atoms with Gasteiger partial charge >= 0.3 is 5.97 Å². The molecule has 2 aromatic carbocycles. The van der Waals surface area contributed by atoms with E-state index in [-0.39, 0.29) is 13.0 Å². The number of benzene rings is 2. The van der Waals surface area contributed by atoms with Crippen molar-refractivity contribution >= 4 is 40.8 Å². The minimum atomic E-state index is -0.450. The second kappa shape index (κ2) is 10.2. The number of hydrogen-bond acceptors (Lipinski definition) is 4. The standard InChI is InChI=1S/C20H21Cl2NO4/c1-13-11-16(6-7-17(13)22)26-9-3-4-20(25)27-12-19(24)23-18-8-5-15(21)10-14(18)2/h5-8,10-11H,3-4,9,12H2,1-2H3,(H,23,24). The molecule has 1 N–H and O–H groups in total. The summed E-state index contributed by atoms with van der Waals surface area (Å²) in [6.45, 7) is 3.75. The highest BCUT2D eigenvalue weighted by molar-refractivity contribution is 6.31. The van der Waals surface area contributed by atoms with Gasteiger partial charge in [0.05, 0.1) is 6.61 Å². The molecule has 0 heterocycles. The zero-order chi connectivity index (χ0) is 19.8. The van der Waals surface area contributed by atoms with Crippen LogP contribution in [0.25, 0.3) is 0 Å². The Bertz CT molecular complexity index is 824. The molecule has 0 aliphatic carbocycles. The summed E-state index contributed by atoms with van der Waals surface area (Å²) in [6.07, 6.45) is 0.651. The van der Waals surface area contributed by atoms with E-state index >= 15 is 0 Å². The first kappa shape index (κ1) is 21.1. The summed E-state index contributed by atoms with van der Waals surface area (Å²) in [5, 5.41) is 3.95. The van der Waals surface area contributed by atoms with Crippen LogP contribution in [-0.2, 0) is 14.3 Å². The van der Waals surface area contributed by atoms with Crippen LogP contribution in [0.1, 0.15) is 24.0 Å². The fraction of sp³-hybridized carbons (Fsp3) is 0.300. The fourth-order valence-corrected chi connectivity index (χ4v) is 2.63. The van der Waals surface area contributed by atoms with E-state index in [0.29, 0.717) is 34.5 Å². The largest absolute Gasteiger partial charge is 0.494 e. The van der Waals surface area contributed by atoms with Crippen molar-refractivity contribution < 1.29 is 19.1 Å². The maximum atomic E-state index is 11.9. The number of amides is 1. The molecule has 1 amide bonds. The lowest BCUT2D eigenvalue weighted by molar-refractivity contribution is -0.147. The molecular formula is C20H21Cl2NO4. The number of anilines is 1. The van der Waals surface area contributed by atoms with Crippen molar-refractivity contribution in [3.8, 4) is 5.75 Å². The Morgan fingerprint density at radius 2 is 1.81 bits per heavy atom. The molecule has 0 aliphatic rings. The number of rotatable bonds is 8. The molecule has 0 unspecified atom stereocenters. The monoisotopic (exact) mass is 409 g/mol. The van der Waals surface area contributed by atoms with Gasteiger partial charge in [0.15, 0.2) is 6.61 Å². The molecular weight excluding hydrogens is 389 g/mol. The van der Waals surface area contributed by atoms with E-state index in [1.54, 1.807) is 30.3 Å². The van der Waals surface area contributed by atoms with E-state index in [0.717, 1.165) is 11.1 Å². The molecule has 27 heavy (non-hydrogen) atoms. The molecule has 0 atom stereocenters. The SMILES string of the molecule is Cc1cc(OCCCC(=O)OCC(=O)Nc2ccc(Cl)cc2C)ccc1Cl. The molecule has 0 saturated heterocycles. The van der Waals surface area contributed by atoms with E-state index in [4.69, 9.17) is 32.7 Å². The van der Waals surface area contributed by atoms with E-state index in [1.807, 2.05) is 19.9 Å². The van der Waals surface area contributed by atoms with Crippen LogP contribution in [0.15, 0.2) is 36.4 Å². The third kappa shape index (κ3) is 7.12. The summed E-state index contributed by atoms with van der Waals surface area (Å²) in [7, 11) is 0. The Balaban J connectivity index is 1.65. The van der Waals surface area contributed by atoms with Gasteiger partial charge in [0.2, 0.25) is 0 Å². The second-order valence-electron chi connectivity index (χ2n) is 6.03. The molecule has 0 bridgehead atoms. The predicted molar refractivity (Wildman–Crippen MR) is 107 cm³/mol. The van der Waals surface area contributed by atoms with Crippen LogP contribution in [0.4, 0.5) is 5.69 Å². The molecule has 0 fully saturated rings. The minimum Gasteiger partial charge on any atom is -0.494 e. The number of esters is 1. The quantitative estimate of drug-likeness (QED) is 0.494. The summed E-state index contributed by atoms with van der Waals surface area (Å²) < 4.78 is 10.5. The Labute approximate surface area is 168 Å². The number of hydrogen-bond donors (Lipinski definition) is 1. The number of carbonyl (C=O) groups excluding carboxylic acids is 2. The fourth-order valence-electron chi connectivity index (χ4n) is 2.29. The minimum absolute atomic E-state index is 0.166. The van der Waals surface area contributed by atoms with Gasteiger partial charge in [-0.2, -0.15) is 0 Å².